The molecule has 0 fully saturated rings. The summed E-state index contributed by atoms with van der Waals surface area (Å²) in [4.78, 5) is 0. The summed E-state index contributed by atoms with van der Waals surface area (Å²) in [6, 6.07) is 2.14. The first kappa shape index (κ1) is 14.4. The average molecular weight is 261 g/mol. The molecule has 0 amide bonds. The van der Waals surface area contributed by atoms with Crippen molar-refractivity contribution < 1.29 is 5.11 Å². The van der Waals surface area contributed by atoms with Crippen LogP contribution in [0.5, 0.6) is 5.75 Å². The summed E-state index contributed by atoms with van der Waals surface area (Å²) in [5, 5.41) is 10.6. The maximum absolute atomic E-state index is 10.6. The fourth-order valence-electron chi connectivity index (χ4n) is 3.07. The third-order valence-corrected chi connectivity index (χ3v) is 4.12. The average Bonchev–Trinajstić information content (AvgIpc) is 2.26. The molecule has 1 aromatic rings. The van der Waals surface area contributed by atoms with Crippen LogP contribution in [0, 0.1) is 0 Å². The van der Waals surface area contributed by atoms with Crippen molar-refractivity contribution in [1.82, 2.24) is 0 Å². The molecule has 0 spiro atoms. The van der Waals surface area contributed by atoms with Crippen LogP contribution in [0.15, 0.2) is 6.07 Å². The second kappa shape index (κ2) is 4.52. The molecule has 3 N–H and O–H groups in total. The van der Waals surface area contributed by atoms with Gasteiger partial charge in [0.25, 0.3) is 0 Å². The highest BCUT2D eigenvalue weighted by Crippen LogP contribution is 2.42. The van der Waals surface area contributed by atoms with Gasteiger partial charge in [0.15, 0.2) is 0 Å². The van der Waals surface area contributed by atoms with Crippen LogP contribution in [0.3, 0.4) is 0 Å². The molecule has 2 heteroatoms. The molecule has 0 bridgehead atoms. The smallest absolute Gasteiger partial charge is 0.122 e. The van der Waals surface area contributed by atoms with Crippen molar-refractivity contribution in [2.24, 2.45) is 5.73 Å². The van der Waals surface area contributed by atoms with E-state index in [0.717, 1.165) is 24.0 Å². The van der Waals surface area contributed by atoms with Gasteiger partial charge in [0, 0.05) is 5.54 Å². The van der Waals surface area contributed by atoms with Gasteiger partial charge in [-0.15, -0.1) is 0 Å². The number of fused-ring (bicyclic) bond motifs is 1. The first-order valence-electron chi connectivity index (χ1n) is 7.30. The molecule has 2 nitrogen and oxygen atoms in total. The highest BCUT2D eigenvalue weighted by molar-refractivity contribution is 5.54. The Bertz CT molecular complexity index is 489. The van der Waals surface area contributed by atoms with Crippen LogP contribution in [0.25, 0.3) is 0 Å². The number of benzene rings is 1. The Morgan fingerprint density at radius 2 is 1.47 bits per heavy atom. The quantitative estimate of drug-likeness (QED) is 0.808. The Kier molecular flexibility index (Phi) is 3.42. The van der Waals surface area contributed by atoms with E-state index in [2.05, 4.69) is 40.7 Å². The summed E-state index contributed by atoms with van der Waals surface area (Å²) in [6.45, 7) is 10.5. The highest BCUT2D eigenvalue weighted by atomic mass is 16.3. The van der Waals surface area contributed by atoms with Crippen LogP contribution in [0.4, 0.5) is 0 Å². The van der Waals surface area contributed by atoms with E-state index in [1.807, 2.05) is 0 Å². The molecule has 1 aromatic carbocycles. The predicted octanol–water partition coefficient (Wildman–Crippen LogP) is 3.76. The van der Waals surface area contributed by atoms with E-state index in [9.17, 15) is 5.11 Å². The standard InChI is InChI=1S/C17H27NO/c1-16(2,3)14-10-13(17(4,5)18)11-8-6-7-9-12(11)15(14)19/h10,19H,6-9,18H2,1-5H3. The molecule has 0 aromatic heterocycles. The molecule has 0 heterocycles. The van der Waals surface area contributed by atoms with Crippen LogP contribution in [0.2, 0.25) is 0 Å². The molecule has 0 saturated carbocycles. The maximum atomic E-state index is 10.6. The van der Waals surface area contributed by atoms with Gasteiger partial charge >= 0.3 is 0 Å². The fourth-order valence-corrected chi connectivity index (χ4v) is 3.07. The van der Waals surface area contributed by atoms with Crippen LogP contribution >= 0.6 is 0 Å². The monoisotopic (exact) mass is 261 g/mol. The third-order valence-electron chi connectivity index (χ3n) is 4.12. The summed E-state index contributed by atoms with van der Waals surface area (Å²) in [6.07, 6.45) is 4.39. The first-order chi connectivity index (χ1) is 8.62. The van der Waals surface area contributed by atoms with Crippen LogP contribution in [-0.4, -0.2) is 5.11 Å². The van der Waals surface area contributed by atoms with Gasteiger partial charge in [0.1, 0.15) is 5.75 Å². The van der Waals surface area contributed by atoms with Gasteiger partial charge in [-0.2, -0.15) is 0 Å². The lowest BCUT2D eigenvalue weighted by atomic mass is 9.75. The van der Waals surface area contributed by atoms with Crippen LogP contribution in [0.1, 0.15) is 69.7 Å². The van der Waals surface area contributed by atoms with Gasteiger partial charge in [0.05, 0.1) is 0 Å². The van der Waals surface area contributed by atoms with E-state index >= 15 is 0 Å². The van der Waals surface area contributed by atoms with Crippen molar-refractivity contribution in [3.63, 3.8) is 0 Å². The van der Waals surface area contributed by atoms with Crippen molar-refractivity contribution in [1.29, 1.82) is 0 Å². The minimum absolute atomic E-state index is 0.0590. The molecular weight excluding hydrogens is 234 g/mol. The fraction of sp³-hybridized carbons (Fsp3) is 0.647. The first-order valence-corrected chi connectivity index (χ1v) is 7.30. The second-order valence-corrected chi connectivity index (χ2v) is 7.46. The molecule has 0 radical (unpaired) electrons. The predicted molar refractivity (Wildman–Crippen MR) is 80.7 cm³/mol. The lowest BCUT2D eigenvalue weighted by Gasteiger charge is -2.32. The number of hydrogen-bond donors (Lipinski definition) is 2. The molecule has 19 heavy (non-hydrogen) atoms. The Morgan fingerprint density at radius 1 is 0.947 bits per heavy atom. The number of rotatable bonds is 1. The highest BCUT2D eigenvalue weighted by Gasteiger charge is 2.29. The topological polar surface area (TPSA) is 46.2 Å². The lowest BCUT2D eigenvalue weighted by molar-refractivity contribution is 0.430. The Labute approximate surface area is 117 Å². The van der Waals surface area contributed by atoms with Gasteiger partial charge in [-0.1, -0.05) is 20.8 Å². The van der Waals surface area contributed by atoms with Crippen molar-refractivity contribution in [3.8, 4) is 5.75 Å². The maximum Gasteiger partial charge on any atom is 0.122 e. The molecule has 0 atom stereocenters. The zero-order chi connectivity index (χ0) is 14.4. The summed E-state index contributed by atoms with van der Waals surface area (Å²) in [5.74, 6) is 0.509. The summed E-state index contributed by atoms with van der Waals surface area (Å²) >= 11 is 0. The lowest BCUT2D eigenvalue weighted by Crippen LogP contribution is -2.32. The van der Waals surface area contributed by atoms with Crippen LogP contribution in [-0.2, 0) is 23.8 Å². The van der Waals surface area contributed by atoms with Gasteiger partial charge in [-0.05, 0) is 73.3 Å². The molecule has 2 rings (SSSR count). The van der Waals surface area contributed by atoms with Crippen molar-refractivity contribution in [2.75, 3.05) is 0 Å². The molecule has 0 aliphatic heterocycles. The van der Waals surface area contributed by atoms with Gasteiger partial charge < -0.3 is 10.8 Å². The number of aromatic hydroxyl groups is 1. The van der Waals surface area contributed by atoms with E-state index < -0.39 is 0 Å². The second-order valence-electron chi connectivity index (χ2n) is 7.46. The largest absolute Gasteiger partial charge is 0.507 e. The minimum Gasteiger partial charge on any atom is -0.507 e. The number of phenolic OH excluding ortho intramolecular Hbond substituents is 1. The number of hydrogen-bond acceptors (Lipinski definition) is 2. The summed E-state index contributed by atoms with van der Waals surface area (Å²) in [5.41, 5.74) is 10.6. The normalized spacial score (nSPS) is 16.3. The zero-order valence-corrected chi connectivity index (χ0v) is 12.9. The van der Waals surface area contributed by atoms with Crippen molar-refractivity contribution in [2.45, 2.75) is 71.3 Å². The molecule has 0 unspecified atom stereocenters. The summed E-state index contributed by atoms with van der Waals surface area (Å²) in [7, 11) is 0. The van der Waals surface area contributed by atoms with E-state index in [1.165, 1.54) is 24.0 Å². The third kappa shape index (κ3) is 2.64. The van der Waals surface area contributed by atoms with E-state index in [4.69, 9.17) is 5.73 Å². The van der Waals surface area contributed by atoms with Gasteiger partial charge in [-0.25, -0.2) is 0 Å². The van der Waals surface area contributed by atoms with Gasteiger partial charge in [-0.3, -0.25) is 0 Å². The Hall–Kier alpha value is -1.02. The number of nitrogens with two attached hydrogens (primary N) is 1. The zero-order valence-electron chi connectivity index (χ0n) is 12.9. The SMILES string of the molecule is CC(C)(C)c1cc(C(C)(C)N)c2c(c1O)CCCC2. The minimum atomic E-state index is -0.352. The summed E-state index contributed by atoms with van der Waals surface area (Å²) < 4.78 is 0. The molecular formula is C17H27NO. The van der Waals surface area contributed by atoms with Crippen molar-refractivity contribution in [3.05, 3.63) is 28.3 Å². The Morgan fingerprint density at radius 3 is 1.95 bits per heavy atom. The van der Waals surface area contributed by atoms with Gasteiger partial charge in [0.2, 0.25) is 0 Å². The molecule has 1 aliphatic rings. The van der Waals surface area contributed by atoms with E-state index in [-0.39, 0.29) is 11.0 Å². The molecule has 0 saturated heterocycles. The van der Waals surface area contributed by atoms with E-state index in [1.54, 1.807) is 0 Å². The van der Waals surface area contributed by atoms with Crippen LogP contribution < -0.4 is 5.73 Å². The van der Waals surface area contributed by atoms with Crippen molar-refractivity contribution >= 4 is 0 Å². The number of phenols is 1. The molecule has 1 aliphatic carbocycles. The Balaban J connectivity index is 2.74. The molecule has 106 valence electrons. The van der Waals surface area contributed by atoms with E-state index in [0.29, 0.717) is 5.75 Å².